The predicted molar refractivity (Wildman–Crippen MR) is 73.2 cm³/mol. The van der Waals surface area contributed by atoms with E-state index in [2.05, 4.69) is 43.2 Å². The van der Waals surface area contributed by atoms with Crippen molar-refractivity contribution in [3.63, 3.8) is 0 Å². The van der Waals surface area contributed by atoms with E-state index in [-0.39, 0.29) is 0 Å². The third-order valence-corrected chi connectivity index (χ3v) is 2.88. The molecule has 0 saturated carbocycles. The van der Waals surface area contributed by atoms with Crippen molar-refractivity contribution < 1.29 is 0 Å². The van der Waals surface area contributed by atoms with Crippen molar-refractivity contribution >= 4 is 23.0 Å². The van der Waals surface area contributed by atoms with Gasteiger partial charge in [-0.2, -0.15) is 0 Å². The molecule has 0 saturated heterocycles. The van der Waals surface area contributed by atoms with Gasteiger partial charge in [0.15, 0.2) is 0 Å². The van der Waals surface area contributed by atoms with Gasteiger partial charge in [-0.25, -0.2) is 4.98 Å². The Bertz CT molecular complexity index is 527. The van der Waals surface area contributed by atoms with Gasteiger partial charge in [0.05, 0.1) is 0 Å². The molecular formula is C14H15ClN2. The second-order valence-corrected chi connectivity index (χ2v) is 4.65. The van der Waals surface area contributed by atoms with Crippen LogP contribution in [-0.4, -0.2) is 4.98 Å². The van der Waals surface area contributed by atoms with Crippen molar-refractivity contribution in [3.05, 3.63) is 52.3 Å². The minimum absolute atomic E-state index is 0.498. The molecule has 0 radical (unpaired) electrons. The Hall–Kier alpha value is -1.54. The molecule has 0 bridgehead atoms. The van der Waals surface area contributed by atoms with Gasteiger partial charge in [0, 0.05) is 17.6 Å². The van der Waals surface area contributed by atoms with Crippen LogP contribution in [0.1, 0.15) is 16.7 Å². The van der Waals surface area contributed by atoms with Crippen LogP contribution in [-0.2, 0) is 0 Å². The number of hydrogen-bond acceptors (Lipinski definition) is 2. The first kappa shape index (κ1) is 11.9. The maximum Gasteiger partial charge on any atom is 0.131 e. The quantitative estimate of drug-likeness (QED) is 0.795. The number of halogens is 1. The summed E-state index contributed by atoms with van der Waals surface area (Å²) in [6, 6.07) is 8.06. The van der Waals surface area contributed by atoms with E-state index < -0.39 is 0 Å². The standard InChI is InChI=1S/C14H15ClN2/c1-9-6-10(2)14(11(3)7-9)17-12-4-5-16-13(15)8-12/h4-8H,1-3H3,(H,16,17). The number of aryl methyl sites for hydroxylation is 3. The van der Waals surface area contributed by atoms with Crippen LogP contribution in [0.3, 0.4) is 0 Å². The molecular weight excluding hydrogens is 232 g/mol. The highest BCUT2D eigenvalue weighted by atomic mass is 35.5. The summed E-state index contributed by atoms with van der Waals surface area (Å²) in [5, 5.41) is 3.88. The summed E-state index contributed by atoms with van der Waals surface area (Å²) < 4.78 is 0. The number of hydrogen-bond donors (Lipinski definition) is 1. The van der Waals surface area contributed by atoms with Crippen molar-refractivity contribution in [1.29, 1.82) is 0 Å². The van der Waals surface area contributed by atoms with Crippen molar-refractivity contribution in [1.82, 2.24) is 4.98 Å². The van der Waals surface area contributed by atoms with Crippen LogP contribution in [0.15, 0.2) is 30.5 Å². The van der Waals surface area contributed by atoms with Crippen LogP contribution >= 0.6 is 11.6 Å². The fourth-order valence-electron chi connectivity index (χ4n) is 2.00. The molecule has 2 nitrogen and oxygen atoms in total. The highest BCUT2D eigenvalue weighted by Crippen LogP contribution is 2.26. The lowest BCUT2D eigenvalue weighted by atomic mass is 10.0. The van der Waals surface area contributed by atoms with Gasteiger partial charge in [0.2, 0.25) is 0 Å². The molecule has 88 valence electrons. The molecule has 0 aliphatic rings. The minimum Gasteiger partial charge on any atom is -0.355 e. The van der Waals surface area contributed by atoms with Crippen LogP contribution in [0.2, 0.25) is 5.15 Å². The van der Waals surface area contributed by atoms with E-state index in [0.29, 0.717) is 5.15 Å². The number of nitrogens with zero attached hydrogens (tertiary/aromatic N) is 1. The first-order chi connectivity index (χ1) is 8.06. The van der Waals surface area contributed by atoms with Gasteiger partial charge in [-0.3, -0.25) is 0 Å². The molecule has 0 spiro atoms. The Kier molecular flexibility index (Phi) is 3.34. The topological polar surface area (TPSA) is 24.9 Å². The van der Waals surface area contributed by atoms with Gasteiger partial charge in [-0.1, -0.05) is 29.3 Å². The SMILES string of the molecule is Cc1cc(C)c(Nc2ccnc(Cl)c2)c(C)c1. The molecule has 17 heavy (non-hydrogen) atoms. The maximum absolute atomic E-state index is 5.86. The largest absolute Gasteiger partial charge is 0.355 e. The van der Waals surface area contributed by atoms with Crippen LogP contribution in [0.5, 0.6) is 0 Å². The third-order valence-electron chi connectivity index (χ3n) is 2.67. The van der Waals surface area contributed by atoms with Gasteiger partial charge < -0.3 is 5.32 Å². The second-order valence-electron chi connectivity index (χ2n) is 4.27. The molecule has 0 aliphatic heterocycles. The lowest BCUT2D eigenvalue weighted by molar-refractivity contribution is 1.29. The fraction of sp³-hybridized carbons (Fsp3) is 0.214. The third kappa shape index (κ3) is 2.77. The lowest BCUT2D eigenvalue weighted by Gasteiger charge is -2.13. The molecule has 1 N–H and O–H groups in total. The Morgan fingerprint density at radius 2 is 1.71 bits per heavy atom. The smallest absolute Gasteiger partial charge is 0.131 e. The highest BCUT2D eigenvalue weighted by Gasteiger charge is 2.04. The molecule has 1 aromatic heterocycles. The number of pyridine rings is 1. The van der Waals surface area contributed by atoms with Crippen molar-refractivity contribution in [2.75, 3.05) is 5.32 Å². The molecule has 3 heteroatoms. The summed E-state index contributed by atoms with van der Waals surface area (Å²) in [7, 11) is 0. The summed E-state index contributed by atoms with van der Waals surface area (Å²) in [4.78, 5) is 3.97. The van der Waals surface area contributed by atoms with Gasteiger partial charge in [0.25, 0.3) is 0 Å². The zero-order chi connectivity index (χ0) is 12.4. The number of nitrogens with one attached hydrogen (secondary N) is 1. The van der Waals surface area contributed by atoms with Crippen molar-refractivity contribution in [2.45, 2.75) is 20.8 Å². The fourth-order valence-corrected chi connectivity index (χ4v) is 2.18. The molecule has 0 unspecified atom stereocenters. The van der Waals surface area contributed by atoms with Gasteiger partial charge >= 0.3 is 0 Å². The second kappa shape index (κ2) is 4.76. The highest BCUT2D eigenvalue weighted by molar-refractivity contribution is 6.29. The summed E-state index contributed by atoms with van der Waals surface area (Å²) in [6.07, 6.45) is 1.70. The van der Waals surface area contributed by atoms with E-state index >= 15 is 0 Å². The van der Waals surface area contributed by atoms with Crippen LogP contribution in [0.4, 0.5) is 11.4 Å². The summed E-state index contributed by atoms with van der Waals surface area (Å²) in [5.74, 6) is 0. The van der Waals surface area contributed by atoms with Crippen LogP contribution < -0.4 is 5.32 Å². The first-order valence-corrected chi connectivity index (χ1v) is 5.90. The molecule has 1 heterocycles. The molecule has 2 rings (SSSR count). The predicted octanol–water partition coefficient (Wildman–Crippen LogP) is 4.40. The molecule has 1 aromatic carbocycles. The maximum atomic E-state index is 5.86. The zero-order valence-electron chi connectivity index (χ0n) is 10.2. The van der Waals surface area contributed by atoms with E-state index in [4.69, 9.17) is 11.6 Å². The van der Waals surface area contributed by atoms with E-state index in [1.54, 1.807) is 6.20 Å². The van der Waals surface area contributed by atoms with Crippen molar-refractivity contribution in [3.8, 4) is 0 Å². The molecule has 0 atom stereocenters. The summed E-state index contributed by atoms with van der Waals surface area (Å²) >= 11 is 5.86. The van der Waals surface area contributed by atoms with E-state index in [9.17, 15) is 0 Å². The number of rotatable bonds is 2. The monoisotopic (exact) mass is 246 g/mol. The minimum atomic E-state index is 0.498. The molecule has 0 amide bonds. The number of aromatic nitrogens is 1. The van der Waals surface area contributed by atoms with Gasteiger partial charge in [-0.05, 0) is 44.0 Å². The summed E-state index contributed by atoms with van der Waals surface area (Å²) in [6.45, 7) is 6.31. The Morgan fingerprint density at radius 1 is 1.06 bits per heavy atom. The Balaban J connectivity index is 2.36. The van der Waals surface area contributed by atoms with E-state index in [1.165, 1.54) is 16.7 Å². The first-order valence-electron chi connectivity index (χ1n) is 5.52. The summed E-state index contributed by atoms with van der Waals surface area (Å²) in [5.41, 5.74) is 5.84. The van der Waals surface area contributed by atoms with E-state index in [0.717, 1.165) is 11.4 Å². The molecule has 0 fully saturated rings. The van der Waals surface area contributed by atoms with Crippen LogP contribution in [0, 0.1) is 20.8 Å². The normalized spacial score (nSPS) is 10.4. The number of anilines is 2. The average molecular weight is 247 g/mol. The van der Waals surface area contributed by atoms with E-state index in [1.807, 2.05) is 12.1 Å². The van der Waals surface area contributed by atoms with Gasteiger partial charge in [0.1, 0.15) is 5.15 Å². The van der Waals surface area contributed by atoms with Crippen LogP contribution in [0.25, 0.3) is 0 Å². The lowest BCUT2D eigenvalue weighted by Crippen LogP contribution is -1.97. The van der Waals surface area contributed by atoms with Gasteiger partial charge in [-0.15, -0.1) is 0 Å². The molecule has 0 aliphatic carbocycles. The number of benzene rings is 1. The Morgan fingerprint density at radius 3 is 2.29 bits per heavy atom. The molecule has 2 aromatic rings. The van der Waals surface area contributed by atoms with Crippen molar-refractivity contribution in [2.24, 2.45) is 0 Å². The average Bonchev–Trinajstić information content (AvgIpc) is 2.23. The Labute approximate surface area is 107 Å². The zero-order valence-corrected chi connectivity index (χ0v) is 11.0.